The van der Waals surface area contributed by atoms with Crippen LogP contribution in [0.25, 0.3) is 0 Å². The average Bonchev–Trinajstić information content (AvgIpc) is 3.25. The highest BCUT2D eigenvalue weighted by Crippen LogP contribution is 2.14. The lowest BCUT2D eigenvalue weighted by molar-refractivity contribution is -0.132. The molecule has 0 aliphatic carbocycles. The highest BCUT2D eigenvalue weighted by molar-refractivity contribution is 6.30. The van der Waals surface area contributed by atoms with E-state index in [2.05, 4.69) is 10.5 Å². The van der Waals surface area contributed by atoms with Crippen molar-refractivity contribution in [2.24, 2.45) is 5.10 Å². The van der Waals surface area contributed by atoms with Gasteiger partial charge >= 0.3 is 0 Å². The third-order valence-corrected chi connectivity index (χ3v) is 4.74. The Kier molecular flexibility index (Phi) is 6.66. The number of halogens is 1. The maximum absolute atomic E-state index is 12.1. The monoisotopic (exact) mass is 399 g/mol. The Hall–Kier alpha value is -2.86. The van der Waals surface area contributed by atoms with Crippen LogP contribution in [-0.4, -0.2) is 42.1 Å². The predicted octanol–water partition coefficient (Wildman–Crippen LogP) is 3.50. The summed E-state index contributed by atoms with van der Waals surface area (Å²) in [7, 11) is 0. The number of benzene rings is 2. The molecule has 2 aromatic rings. The van der Waals surface area contributed by atoms with Crippen LogP contribution >= 0.6 is 11.6 Å². The predicted molar refractivity (Wildman–Crippen MR) is 109 cm³/mol. The lowest BCUT2D eigenvalue weighted by Crippen LogP contribution is -2.32. The number of carbonyl (C=O) groups excluding carboxylic acids is 2. The smallest absolute Gasteiger partial charge is 0.271 e. The average molecular weight is 400 g/mol. The van der Waals surface area contributed by atoms with Gasteiger partial charge in [0.15, 0.2) is 6.61 Å². The van der Waals surface area contributed by atoms with E-state index in [1.807, 2.05) is 17.0 Å². The Morgan fingerprint density at radius 2 is 1.82 bits per heavy atom. The van der Waals surface area contributed by atoms with Crippen molar-refractivity contribution in [3.63, 3.8) is 0 Å². The highest BCUT2D eigenvalue weighted by Gasteiger charge is 2.18. The van der Waals surface area contributed by atoms with Crippen molar-refractivity contribution in [2.45, 2.75) is 19.8 Å². The van der Waals surface area contributed by atoms with Crippen LogP contribution < -0.4 is 10.2 Å². The van der Waals surface area contributed by atoms with Gasteiger partial charge in [0.1, 0.15) is 5.75 Å². The second-order valence-corrected chi connectivity index (χ2v) is 6.99. The number of hydrogen-bond donors (Lipinski definition) is 1. The molecule has 1 aliphatic rings. The van der Waals surface area contributed by atoms with E-state index < -0.39 is 0 Å². The molecule has 1 N–H and O–H groups in total. The molecule has 3 rings (SSSR count). The van der Waals surface area contributed by atoms with E-state index in [9.17, 15) is 9.59 Å². The topological polar surface area (TPSA) is 71.0 Å². The van der Waals surface area contributed by atoms with Crippen molar-refractivity contribution in [3.8, 4) is 5.75 Å². The van der Waals surface area contributed by atoms with Gasteiger partial charge < -0.3 is 9.64 Å². The van der Waals surface area contributed by atoms with Crippen LogP contribution in [0.1, 0.15) is 35.7 Å². The minimum atomic E-state index is -0.331. The molecular weight excluding hydrogens is 378 g/mol. The highest BCUT2D eigenvalue weighted by atomic mass is 35.5. The van der Waals surface area contributed by atoms with E-state index in [4.69, 9.17) is 16.3 Å². The molecular formula is C21H22ClN3O3. The zero-order valence-corrected chi connectivity index (χ0v) is 16.4. The van der Waals surface area contributed by atoms with Crippen molar-refractivity contribution in [2.75, 3.05) is 19.7 Å². The number of hydrazone groups is 1. The molecule has 0 spiro atoms. The number of hydrogen-bond acceptors (Lipinski definition) is 4. The van der Waals surface area contributed by atoms with Crippen LogP contribution in [-0.2, 0) is 4.79 Å². The quantitative estimate of drug-likeness (QED) is 0.597. The van der Waals surface area contributed by atoms with Crippen molar-refractivity contribution in [3.05, 3.63) is 64.7 Å². The number of rotatable bonds is 6. The van der Waals surface area contributed by atoms with Gasteiger partial charge in [-0.3, -0.25) is 9.59 Å². The van der Waals surface area contributed by atoms with Gasteiger partial charge in [0.05, 0.1) is 5.71 Å². The van der Waals surface area contributed by atoms with Gasteiger partial charge in [-0.05, 0) is 67.8 Å². The van der Waals surface area contributed by atoms with Gasteiger partial charge in [0.25, 0.3) is 11.8 Å². The molecule has 0 saturated carbocycles. The zero-order valence-electron chi connectivity index (χ0n) is 15.7. The molecule has 0 unspecified atom stereocenters. The first-order valence-electron chi connectivity index (χ1n) is 9.14. The summed E-state index contributed by atoms with van der Waals surface area (Å²) in [6.45, 7) is 3.47. The summed E-state index contributed by atoms with van der Waals surface area (Å²) in [5.74, 6) is 0.303. The lowest BCUT2D eigenvalue weighted by Gasteiger charge is -2.15. The molecule has 7 heteroatoms. The number of ether oxygens (including phenoxy) is 1. The van der Waals surface area contributed by atoms with E-state index in [0.717, 1.165) is 31.5 Å². The SMILES string of the molecule is C/C(=N/NC(=O)c1cccc(Cl)c1)c1ccc(OCC(=O)N2CCCC2)cc1. The molecule has 1 fully saturated rings. The number of likely N-dealkylation sites (tertiary alicyclic amines) is 1. The van der Waals surface area contributed by atoms with Gasteiger partial charge in [-0.1, -0.05) is 17.7 Å². The van der Waals surface area contributed by atoms with Crippen molar-refractivity contribution < 1.29 is 14.3 Å². The molecule has 1 saturated heterocycles. The van der Waals surface area contributed by atoms with Crippen LogP contribution in [0.3, 0.4) is 0 Å². The Balaban J connectivity index is 1.54. The van der Waals surface area contributed by atoms with Crippen LogP contribution in [0.15, 0.2) is 53.6 Å². The summed E-state index contributed by atoms with van der Waals surface area (Å²) >= 11 is 5.89. The largest absolute Gasteiger partial charge is 0.484 e. The molecule has 2 aromatic carbocycles. The summed E-state index contributed by atoms with van der Waals surface area (Å²) in [4.78, 5) is 26.0. The summed E-state index contributed by atoms with van der Waals surface area (Å²) in [5, 5.41) is 4.62. The Bertz CT molecular complexity index is 875. The van der Waals surface area contributed by atoms with Gasteiger partial charge in [-0.2, -0.15) is 5.10 Å². The van der Waals surface area contributed by atoms with Gasteiger partial charge in [0, 0.05) is 23.7 Å². The molecule has 1 aliphatic heterocycles. The van der Waals surface area contributed by atoms with Crippen LogP contribution in [0.4, 0.5) is 0 Å². The van der Waals surface area contributed by atoms with Crippen molar-refractivity contribution in [1.29, 1.82) is 0 Å². The van der Waals surface area contributed by atoms with Gasteiger partial charge in [0.2, 0.25) is 0 Å². The third-order valence-electron chi connectivity index (χ3n) is 4.51. The number of nitrogens with zero attached hydrogens (tertiary/aromatic N) is 2. The van der Waals surface area contributed by atoms with Gasteiger partial charge in [-0.15, -0.1) is 0 Å². The molecule has 146 valence electrons. The zero-order chi connectivity index (χ0) is 19.9. The minimum Gasteiger partial charge on any atom is -0.484 e. The molecule has 6 nitrogen and oxygen atoms in total. The first kappa shape index (κ1) is 19.9. The van der Waals surface area contributed by atoms with E-state index in [1.165, 1.54) is 0 Å². The summed E-state index contributed by atoms with van der Waals surface area (Å²) in [5.41, 5.74) is 4.45. The summed E-state index contributed by atoms with van der Waals surface area (Å²) < 4.78 is 5.57. The Morgan fingerprint density at radius 3 is 2.50 bits per heavy atom. The van der Waals surface area contributed by atoms with E-state index in [0.29, 0.717) is 22.0 Å². The second-order valence-electron chi connectivity index (χ2n) is 6.55. The van der Waals surface area contributed by atoms with Crippen LogP contribution in [0.2, 0.25) is 5.02 Å². The fourth-order valence-corrected chi connectivity index (χ4v) is 3.08. The molecule has 0 radical (unpaired) electrons. The Labute approximate surface area is 169 Å². The third kappa shape index (κ3) is 5.33. The molecule has 1 heterocycles. The molecule has 2 amide bonds. The van der Waals surface area contributed by atoms with Crippen molar-refractivity contribution >= 4 is 29.1 Å². The van der Waals surface area contributed by atoms with Crippen LogP contribution in [0.5, 0.6) is 5.75 Å². The lowest BCUT2D eigenvalue weighted by atomic mass is 10.1. The second kappa shape index (κ2) is 9.37. The Morgan fingerprint density at radius 1 is 1.11 bits per heavy atom. The van der Waals surface area contributed by atoms with E-state index in [-0.39, 0.29) is 18.4 Å². The number of nitrogens with one attached hydrogen (secondary N) is 1. The summed E-state index contributed by atoms with van der Waals surface area (Å²) in [6.07, 6.45) is 2.12. The fourth-order valence-electron chi connectivity index (χ4n) is 2.89. The first-order chi connectivity index (χ1) is 13.5. The maximum atomic E-state index is 12.1. The first-order valence-corrected chi connectivity index (χ1v) is 9.52. The summed E-state index contributed by atoms with van der Waals surface area (Å²) in [6, 6.07) is 13.9. The minimum absolute atomic E-state index is 0.0167. The number of amides is 2. The van der Waals surface area contributed by atoms with E-state index >= 15 is 0 Å². The normalized spacial score (nSPS) is 14.1. The maximum Gasteiger partial charge on any atom is 0.271 e. The standard InChI is InChI=1S/C21H22ClN3O3/c1-15(23-24-21(27)17-5-4-6-18(22)13-17)16-7-9-19(10-8-16)28-14-20(26)25-11-2-3-12-25/h4-10,13H,2-3,11-12,14H2,1H3,(H,24,27)/b23-15-. The number of carbonyl (C=O) groups is 2. The molecule has 0 aromatic heterocycles. The van der Waals surface area contributed by atoms with Crippen LogP contribution in [0, 0.1) is 0 Å². The molecule has 0 atom stereocenters. The molecule has 28 heavy (non-hydrogen) atoms. The molecule has 0 bridgehead atoms. The fraction of sp³-hybridized carbons (Fsp3) is 0.286. The van der Waals surface area contributed by atoms with Gasteiger partial charge in [-0.25, -0.2) is 5.43 Å². The van der Waals surface area contributed by atoms with Crippen molar-refractivity contribution in [1.82, 2.24) is 10.3 Å². The van der Waals surface area contributed by atoms with E-state index in [1.54, 1.807) is 43.3 Å².